The molecule has 2 atom stereocenters. The van der Waals surface area contributed by atoms with Gasteiger partial charge in [0.1, 0.15) is 24.6 Å². The Balaban J connectivity index is 1.37. The maximum absolute atomic E-state index is 13.2. The van der Waals surface area contributed by atoms with Crippen molar-refractivity contribution in [2.24, 2.45) is 11.8 Å². The van der Waals surface area contributed by atoms with Crippen LogP contribution in [0.2, 0.25) is 0 Å². The summed E-state index contributed by atoms with van der Waals surface area (Å²) < 4.78 is 12.4. The average Bonchev–Trinajstić information content (AvgIpc) is 3.17. The van der Waals surface area contributed by atoms with Gasteiger partial charge < -0.3 is 19.7 Å². The number of nitrogens with one attached hydrogen (secondary N) is 1. The zero-order chi connectivity index (χ0) is 24.7. The number of anilines is 1. The van der Waals surface area contributed by atoms with Crippen molar-refractivity contribution >= 4 is 39.1 Å². The topological polar surface area (TPSA) is 103 Å². The SMILES string of the molecule is Cc1c(C(=O)Nc2ccc3c(c2)OCCO3)sc2ncn(CC(=O)N3C[C@H](C)C[C@H](C)C3)c(=O)c12. The molecule has 0 spiro atoms. The second-order valence-electron chi connectivity index (χ2n) is 9.47. The molecular formula is C25H28N4O5S. The highest BCUT2D eigenvalue weighted by atomic mass is 32.1. The number of carbonyl (C=O) groups is 2. The van der Waals surface area contributed by atoms with E-state index in [0.29, 0.717) is 76.0 Å². The molecule has 3 aromatic rings. The molecule has 0 radical (unpaired) electrons. The molecule has 4 heterocycles. The summed E-state index contributed by atoms with van der Waals surface area (Å²) in [7, 11) is 0. The van der Waals surface area contributed by atoms with Gasteiger partial charge in [-0.3, -0.25) is 19.0 Å². The number of likely N-dealkylation sites (tertiary alicyclic amines) is 1. The minimum absolute atomic E-state index is 0.0603. The summed E-state index contributed by atoms with van der Waals surface area (Å²) >= 11 is 1.16. The zero-order valence-corrected chi connectivity index (χ0v) is 20.8. The first-order chi connectivity index (χ1) is 16.8. The lowest BCUT2D eigenvalue weighted by molar-refractivity contribution is -0.134. The van der Waals surface area contributed by atoms with E-state index in [1.54, 1.807) is 25.1 Å². The van der Waals surface area contributed by atoms with Gasteiger partial charge in [-0.1, -0.05) is 13.8 Å². The Kier molecular flexibility index (Phi) is 6.22. The summed E-state index contributed by atoms with van der Waals surface area (Å²) in [5.74, 6) is 1.68. The van der Waals surface area contributed by atoms with Crippen molar-refractivity contribution in [1.82, 2.24) is 14.5 Å². The Morgan fingerprint density at radius 1 is 1.14 bits per heavy atom. The van der Waals surface area contributed by atoms with Crippen molar-refractivity contribution < 1.29 is 19.1 Å². The van der Waals surface area contributed by atoms with Crippen molar-refractivity contribution in [3.63, 3.8) is 0 Å². The first-order valence-electron chi connectivity index (χ1n) is 11.8. The fraction of sp³-hybridized carbons (Fsp3) is 0.440. The number of fused-ring (bicyclic) bond motifs is 2. The number of ether oxygens (including phenoxy) is 2. The highest BCUT2D eigenvalue weighted by Crippen LogP contribution is 2.33. The van der Waals surface area contributed by atoms with Gasteiger partial charge in [-0.15, -0.1) is 11.3 Å². The van der Waals surface area contributed by atoms with Crippen molar-refractivity contribution in [1.29, 1.82) is 0 Å². The smallest absolute Gasteiger partial charge is 0.266 e. The molecule has 5 rings (SSSR count). The predicted octanol–water partition coefficient (Wildman–Crippen LogP) is 3.29. The summed E-state index contributed by atoms with van der Waals surface area (Å²) in [6, 6.07) is 5.21. The van der Waals surface area contributed by atoms with Crippen LogP contribution in [0.5, 0.6) is 11.5 Å². The van der Waals surface area contributed by atoms with Gasteiger partial charge in [-0.05, 0) is 42.9 Å². The lowest BCUT2D eigenvalue weighted by Gasteiger charge is -2.35. The molecular weight excluding hydrogens is 468 g/mol. The van der Waals surface area contributed by atoms with E-state index in [2.05, 4.69) is 24.1 Å². The van der Waals surface area contributed by atoms with Crippen LogP contribution in [0, 0.1) is 18.8 Å². The number of piperidine rings is 1. The van der Waals surface area contributed by atoms with Crippen molar-refractivity contribution in [3.8, 4) is 11.5 Å². The molecule has 2 aliphatic rings. The highest BCUT2D eigenvalue weighted by Gasteiger charge is 2.26. The number of nitrogens with zero attached hydrogens (tertiary/aromatic N) is 3. The van der Waals surface area contributed by atoms with Crippen LogP contribution < -0.4 is 20.3 Å². The summed E-state index contributed by atoms with van der Waals surface area (Å²) in [4.78, 5) is 46.3. The first kappa shape index (κ1) is 23.3. The molecule has 2 aliphatic heterocycles. The molecule has 2 aromatic heterocycles. The molecule has 1 saturated heterocycles. The van der Waals surface area contributed by atoms with Gasteiger partial charge in [-0.2, -0.15) is 0 Å². The normalized spacial score (nSPS) is 19.6. The summed E-state index contributed by atoms with van der Waals surface area (Å²) in [6.45, 7) is 8.31. The number of hydrogen-bond donors (Lipinski definition) is 1. The van der Waals surface area contributed by atoms with Crippen molar-refractivity contribution in [2.45, 2.75) is 33.7 Å². The van der Waals surface area contributed by atoms with Gasteiger partial charge in [0.15, 0.2) is 11.5 Å². The number of thiophene rings is 1. The van der Waals surface area contributed by atoms with E-state index < -0.39 is 0 Å². The number of amides is 2. The van der Waals surface area contributed by atoms with Crippen LogP contribution in [0.25, 0.3) is 10.2 Å². The van der Waals surface area contributed by atoms with Gasteiger partial charge in [0.2, 0.25) is 5.91 Å². The standard InChI is InChI=1S/C25H28N4O5S/c1-14-8-15(2)11-28(10-14)20(30)12-29-13-26-24-21(25(29)32)16(3)22(35-24)23(31)27-17-4-5-18-19(9-17)34-7-6-33-18/h4-5,9,13-15H,6-8,10-12H2,1-3H3,(H,27,31)/t14-,15+. The van der Waals surface area contributed by atoms with Gasteiger partial charge in [0, 0.05) is 24.8 Å². The molecule has 184 valence electrons. The molecule has 1 N–H and O–H groups in total. The average molecular weight is 497 g/mol. The first-order valence-corrected chi connectivity index (χ1v) is 12.6. The number of hydrogen-bond acceptors (Lipinski definition) is 7. The minimum Gasteiger partial charge on any atom is -0.486 e. The maximum atomic E-state index is 13.2. The number of aromatic nitrogens is 2. The molecule has 10 heteroatoms. The van der Waals surface area contributed by atoms with E-state index in [4.69, 9.17) is 9.47 Å². The Morgan fingerprint density at radius 3 is 2.60 bits per heavy atom. The molecule has 35 heavy (non-hydrogen) atoms. The Bertz CT molecular complexity index is 1350. The zero-order valence-electron chi connectivity index (χ0n) is 20.0. The molecule has 1 fully saturated rings. The minimum atomic E-state index is -0.333. The number of rotatable bonds is 4. The molecule has 2 amide bonds. The van der Waals surface area contributed by atoms with E-state index in [1.807, 2.05) is 4.90 Å². The van der Waals surface area contributed by atoms with Crippen LogP contribution in [0.1, 0.15) is 35.5 Å². The Labute approximate surface area is 206 Å². The lowest BCUT2D eigenvalue weighted by Crippen LogP contribution is -2.44. The van der Waals surface area contributed by atoms with E-state index in [1.165, 1.54) is 10.9 Å². The molecule has 0 unspecified atom stereocenters. The van der Waals surface area contributed by atoms with Gasteiger partial charge in [0.25, 0.3) is 11.5 Å². The number of benzene rings is 1. The summed E-state index contributed by atoms with van der Waals surface area (Å²) in [6.07, 6.45) is 2.50. The molecule has 1 aromatic carbocycles. The van der Waals surface area contributed by atoms with Gasteiger partial charge in [-0.25, -0.2) is 4.98 Å². The van der Waals surface area contributed by atoms with Crippen LogP contribution in [0.3, 0.4) is 0 Å². The van der Waals surface area contributed by atoms with Gasteiger partial charge >= 0.3 is 0 Å². The third kappa shape index (κ3) is 4.62. The second kappa shape index (κ2) is 9.33. The van der Waals surface area contributed by atoms with E-state index >= 15 is 0 Å². The van der Waals surface area contributed by atoms with E-state index in [-0.39, 0.29) is 23.9 Å². The number of aryl methyl sites for hydroxylation is 1. The lowest BCUT2D eigenvalue weighted by atomic mass is 9.92. The van der Waals surface area contributed by atoms with Crippen molar-refractivity contribution in [2.75, 3.05) is 31.6 Å². The maximum Gasteiger partial charge on any atom is 0.266 e. The summed E-state index contributed by atoms with van der Waals surface area (Å²) in [5, 5.41) is 3.24. The monoisotopic (exact) mass is 496 g/mol. The third-order valence-electron chi connectivity index (χ3n) is 6.45. The quantitative estimate of drug-likeness (QED) is 0.595. The van der Waals surface area contributed by atoms with Crippen LogP contribution in [0.15, 0.2) is 29.3 Å². The van der Waals surface area contributed by atoms with Crippen LogP contribution >= 0.6 is 11.3 Å². The largest absolute Gasteiger partial charge is 0.486 e. The fourth-order valence-corrected chi connectivity index (χ4v) is 5.94. The third-order valence-corrected chi connectivity index (χ3v) is 7.65. The second-order valence-corrected chi connectivity index (χ2v) is 10.5. The predicted molar refractivity (Wildman–Crippen MR) is 134 cm³/mol. The summed E-state index contributed by atoms with van der Waals surface area (Å²) in [5.41, 5.74) is 0.810. The van der Waals surface area contributed by atoms with Gasteiger partial charge in [0.05, 0.1) is 16.6 Å². The Morgan fingerprint density at radius 2 is 1.86 bits per heavy atom. The van der Waals surface area contributed by atoms with Crippen molar-refractivity contribution in [3.05, 3.63) is 45.3 Å². The molecule has 0 bridgehead atoms. The fourth-order valence-electron chi connectivity index (χ4n) is 4.91. The molecule has 0 aliphatic carbocycles. The molecule has 0 saturated carbocycles. The Hall–Kier alpha value is -3.40. The highest BCUT2D eigenvalue weighted by molar-refractivity contribution is 7.20. The molecule has 9 nitrogen and oxygen atoms in total. The number of carbonyl (C=O) groups excluding carboxylic acids is 2. The van der Waals surface area contributed by atoms with Crippen LogP contribution in [-0.4, -0.2) is 52.6 Å². The van der Waals surface area contributed by atoms with Crippen LogP contribution in [-0.2, 0) is 11.3 Å². The van der Waals surface area contributed by atoms with E-state index in [0.717, 1.165) is 17.8 Å². The van der Waals surface area contributed by atoms with Crippen LogP contribution in [0.4, 0.5) is 5.69 Å². The van der Waals surface area contributed by atoms with E-state index in [9.17, 15) is 14.4 Å².